The number of hydrogen-bond acceptors (Lipinski definition) is 8. The molecule has 5 rings (SSSR count). The topological polar surface area (TPSA) is 161 Å². The molecule has 0 aliphatic carbocycles. The fourth-order valence-corrected chi connectivity index (χ4v) is 6.89. The Bertz CT molecular complexity index is 1970. The Hall–Kier alpha value is -4.81. The normalized spacial score (nSPS) is 21.8. The fourth-order valence-electron chi connectivity index (χ4n) is 6.89. The quantitative estimate of drug-likeness (QED) is 0.361. The Kier molecular flexibility index (Phi) is 10.7. The van der Waals surface area contributed by atoms with E-state index in [1.165, 1.54) is 14.2 Å². The van der Waals surface area contributed by atoms with E-state index in [-0.39, 0.29) is 36.6 Å². The van der Waals surface area contributed by atoms with E-state index in [0.717, 1.165) is 49.9 Å². The third-order valence-corrected chi connectivity index (χ3v) is 9.82. The van der Waals surface area contributed by atoms with Gasteiger partial charge in [-0.1, -0.05) is 0 Å². The first kappa shape index (κ1) is 35.5. The summed E-state index contributed by atoms with van der Waals surface area (Å²) in [5, 5.41) is 4.50. The van der Waals surface area contributed by atoms with Gasteiger partial charge in [0.15, 0.2) is 0 Å². The Morgan fingerprint density at radius 1 is 0.735 bits per heavy atom. The number of methoxy groups -OCH3 is 4. The van der Waals surface area contributed by atoms with Crippen LogP contribution >= 0.6 is 0 Å². The van der Waals surface area contributed by atoms with Crippen LogP contribution in [0.1, 0.15) is 73.2 Å². The number of carbonyl (C=O) groups excluding carboxylic acids is 4. The summed E-state index contributed by atoms with van der Waals surface area (Å²) < 4.78 is 21.5. The van der Waals surface area contributed by atoms with Gasteiger partial charge in [-0.25, -0.2) is 4.99 Å². The smallest absolute Gasteiger partial charge is 0.305 e. The van der Waals surface area contributed by atoms with Crippen LogP contribution in [-0.4, -0.2) is 80.1 Å². The molecule has 3 N–H and O–H groups in total. The summed E-state index contributed by atoms with van der Waals surface area (Å²) >= 11 is 0. The van der Waals surface area contributed by atoms with Gasteiger partial charge in [-0.05, 0) is 105 Å². The lowest BCUT2D eigenvalue weighted by atomic mass is 9.94. The first-order chi connectivity index (χ1) is 23.4. The molecule has 260 valence electrons. The van der Waals surface area contributed by atoms with Crippen LogP contribution in [0.4, 0.5) is 0 Å². The van der Waals surface area contributed by atoms with Gasteiger partial charge in [0.05, 0.1) is 43.3 Å². The molecule has 0 saturated carbocycles. The number of aromatic nitrogens is 2. The zero-order valence-electron chi connectivity index (χ0n) is 29.3. The number of aliphatic imine (C=N–C) groups is 1. The highest BCUT2D eigenvalue weighted by atomic mass is 16.5. The molecule has 5 heterocycles. The summed E-state index contributed by atoms with van der Waals surface area (Å²) in [6.07, 6.45) is 6.59. The van der Waals surface area contributed by atoms with E-state index in [2.05, 4.69) is 20.3 Å². The molecule has 0 fully saturated rings. The van der Waals surface area contributed by atoms with Crippen LogP contribution in [0.5, 0.6) is 0 Å². The molecular weight excluding hydrogens is 628 g/mol. The summed E-state index contributed by atoms with van der Waals surface area (Å²) in [5.74, 6) is -1.29. The van der Waals surface area contributed by atoms with Crippen molar-refractivity contribution < 1.29 is 38.1 Å². The average molecular weight is 673 g/mol. The van der Waals surface area contributed by atoms with Crippen LogP contribution < -0.4 is 16.0 Å². The summed E-state index contributed by atoms with van der Waals surface area (Å²) in [5.41, 5.74) is 8.73. The largest absolute Gasteiger partial charge is 0.469 e. The number of esters is 2. The minimum absolute atomic E-state index is 0.167. The van der Waals surface area contributed by atoms with Crippen molar-refractivity contribution in [2.24, 2.45) is 4.99 Å². The third kappa shape index (κ3) is 7.02. The zero-order chi connectivity index (χ0) is 35.6. The molecule has 0 aromatic carbocycles. The van der Waals surface area contributed by atoms with E-state index in [4.69, 9.17) is 18.9 Å². The van der Waals surface area contributed by atoms with Crippen LogP contribution in [0.2, 0.25) is 0 Å². The monoisotopic (exact) mass is 672 g/mol. The van der Waals surface area contributed by atoms with Crippen molar-refractivity contribution in [3.63, 3.8) is 0 Å². The standard InChI is InChI=1S/C37H44N4O8/c1-18-22(9-13-32(42)48-7)28-17-29-23(10-14-33(43)49-8)19(2)25(39-29)16-27-21(4)35(37(45)41-27)31(47-6)12-11-30(46-5)34-20(3)26(40-36(34)44)15-24(18)38-28/h15-17,30-31,38-39H,9-14H2,1-8H3,(H,40,44)/b25-16-,26-15-,29-17-/t30-,31+/m1/s1. The van der Waals surface area contributed by atoms with E-state index < -0.39 is 12.2 Å². The van der Waals surface area contributed by atoms with Crippen LogP contribution in [0.3, 0.4) is 0 Å². The van der Waals surface area contributed by atoms with Gasteiger partial charge in [-0.15, -0.1) is 0 Å². The third-order valence-electron chi connectivity index (χ3n) is 9.82. The number of rotatable bonds is 8. The lowest BCUT2D eigenvalue weighted by Crippen LogP contribution is -2.27. The van der Waals surface area contributed by atoms with Gasteiger partial charge in [-0.3, -0.25) is 19.2 Å². The second-order valence-electron chi connectivity index (χ2n) is 12.5. The second-order valence-corrected chi connectivity index (χ2v) is 12.5. The number of ether oxygens (including phenoxy) is 4. The average Bonchev–Trinajstić information content (AvgIpc) is 3.73. The Labute approximate surface area is 285 Å². The van der Waals surface area contributed by atoms with Crippen LogP contribution in [0, 0.1) is 13.8 Å². The number of H-pyrrole nitrogens is 2. The van der Waals surface area contributed by atoms with Gasteiger partial charge >= 0.3 is 11.9 Å². The Balaban J connectivity index is 1.79. The zero-order valence-corrected chi connectivity index (χ0v) is 29.3. The molecule has 3 aliphatic heterocycles. The molecule has 12 heteroatoms. The first-order valence-electron chi connectivity index (χ1n) is 16.3. The SMILES string of the molecule is COC(=O)CCc1c2[nH]c(c1C)/C=C1\NC(=O)C(=C1C)[C@H](OC)CC[C@H](OC)C1=C(C)C(=NC1=O)/C=c1\[nH]/c(c(CCC(=O)OC)c1C)=C\2. The molecular formula is C37H44N4O8. The summed E-state index contributed by atoms with van der Waals surface area (Å²) in [4.78, 5) is 62.6. The van der Waals surface area contributed by atoms with Crippen molar-refractivity contribution >= 4 is 47.7 Å². The van der Waals surface area contributed by atoms with Gasteiger partial charge in [0.2, 0.25) is 0 Å². The molecule has 0 radical (unpaired) electrons. The number of hydrogen-bond donors (Lipinski definition) is 3. The maximum atomic E-state index is 13.4. The highest BCUT2D eigenvalue weighted by molar-refractivity contribution is 6.31. The summed E-state index contributed by atoms with van der Waals surface area (Å²) in [7, 11) is 5.85. The number of aromatic amines is 2. The Morgan fingerprint density at radius 2 is 1.35 bits per heavy atom. The highest BCUT2D eigenvalue weighted by Gasteiger charge is 2.34. The van der Waals surface area contributed by atoms with Gasteiger partial charge < -0.3 is 34.2 Å². The number of fused-ring (bicyclic) bond motifs is 6. The molecule has 2 atom stereocenters. The first-order valence-corrected chi connectivity index (χ1v) is 16.3. The van der Waals surface area contributed by atoms with Gasteiger partial charge in [0, 0.05) is 54.8 Å². The molecule has 0 spiro atoms. The van der Waals surface area contributed by atoms with E-state index in [9.17, 15) is 19.2 Å². The molecule has 8 bridgehead atoms. The number of nitrogens with one attached hydrogen (secondary N) is 3. The lowest BCUT2D eigenvalue weighted by molar-refractivity contribution is -0.141. The maximum absolute atomic E-state index is 13.4. The van der Waals surface area contributed by atoms with Crippen molar-refractivity contribution in [3.05, 3.63) is 72.3 Å². The van der Waals surface area contributed by atoms with Crippen molar-refractivity contribution in [1.29, 1.82) is 0 Å². The number of amides is 2. The number of nitrogens with zero attached hydrogens (tertiary/aromatic N) is 1. The van der Waals surface area contributed by atoms with Crippen LogP contribution in [0.15, 0.2) is 33.0 Å². The number of allylic oxidation sites excluding steroid dienone is 2. The van der Waals surface area contributed by atoms with Gasteiger partial charge in [-0.2, -0.15) is 0 Å². The molecule has 3 aliphatic rings. The molecule has 49 heavy (non-hydrogen) atoms. The van der Waals surface area contributed by atoms with Gasteiger partial charge in [0.1, 0.15) is 0 Å². The van der Waals surface area contributed by atoms with Crippen molar-refractivity contribution in [1.82, 2.24) is 15.3 Å². The highest BCUT2D eigenvalue weighted by Crippen LogP contribution is 2.32. The second kappa shape index (κ2) is 14.8. The summed E-state index contributed by atoms with van der Waals surface area (Å²) in [6, 6.07) is 0. The van der Waals surface area contributed by atoms with Crippen molar-refractivity contribution in [2.45, 2.75) is 78.4 Å². The fraction of sp³-hybridized carbons (Fsp3) is 0.432. The van der Waals surface area contributed by atoms with E-state index in [1.54, 1.807) is 14.2 Å². The summed E-state index contributed by atoms with van der Waals surface area (Å²) in [6.45, 7) is 7.66. The van der Waals surface area contributed by atoms with Crippen molar-refractivity contribution in [2.75, 3.05) is 28.4 Å². The molecule has 2 aromatic heterocycles. The molecule has 12 nitrogen and oxygen atoms in total. The molecule has 2 aromatic rings. The predicted octanol–water partition coefficient (Wildman–Crippen LogP) is 2.69. The Morgan fingerprint density at radius 3 is 1.96 bits per heavy atom. The molecule has 0 unspecified atom stereocenters. The van der Waals surface area contributed by atoms with E-state index in [0.29, 0.717) is 53.8 Å². The van der Waals surface area contributed by atoms with E-state index in [1.807, 2.05) is 45.9 Å². The predicted molar refractivity (Wildman–Crippen MR) is 184 cm³/mol. The van der Waals surface area contributed by atoms with Gasteiger partial charge in [0.25, 0.3) is 11.8 Å². The lowest BCUT2D eigenvalue weighted by Gasteiger charge is -2.21. The van der Waals surface area contributed by atoms with Crippen LogP contribution in [-0.2, 0) is 51.0 Å². The maximum Gasteiger partial charge on any atom is 0.305 e. The van der Waals surface area contributed by atoms with Crippen molar-refractivity contribution in [3.8, 4) is 0 Å². The minimum Gasteiger partial charge on any atom is -0.469 e. The number of carbonyl (C=O) groups is 4. The van der Waals surface area contributed by atoms with E-state index >= 15 is 0 Å². The molecule has 2 amide bonds. The minimum atomic E-state index is -0.561. The molecule has 0 saturated heterocycles. The van der Waals surface area contributed by atoms with Crippen LogP contribution in [0.25, 0.3) is 18.2 Å².